The number of nitrogens with zero attached hydrogens (tertiary/aromatic N) is 1. The highest BCUT2D eigenvalue weighted by molar-refractivity contribution is 5.82. The summed E-state index contributed by atoms with van der Waals surface area (Å²) in [5.74, 6) is -1.70. The van der Waals surface area contributed by atoms with Crippen LogP contribution in [0, 0.1) is 0 Å². The fourth-order valence-corrected chi connectivity index (χ4v) is 1.56. The maximum absolute atomic E-state index is 12.2. The van der Waals surface area contributed by atoms with Gasteiger partial charge in [0.05, 0.1) is 0 Å². The summed E-state index contributed by atoms with van der Waals surface area (Å²) < 4.78 is 10.5. The second-order valence-electron chi connectivity index (χ2n) is 7.07. The molecule has 7 nitrogen and oxygen atoms in total. The molecular formula is C15H27NO6. The summed E-state index contributed by atoms with van der Waals surface area (Å²) in [6, 6.07) is -1.01. The van der Waals surface area contributed by atoms with Crippen LogP contribution < -0.4 is 0 Å². The number of aliphatic carboxylic acids is 1. The molecule has 0 aliphatic heterocycles. The van der Waals surface area contributed by atoms with Crippen LogP contribution in [0.5, 0.6) is 0 Å². The zero-order valence-electron chi connectivity index (χ0n) is 14.4. The zero-order valence-corrected chi connectivity index (χ0v) is 14.4. The lowest BCUT2D eigenvalue weighted by molar-refractivity contribution is -0.161. The molecule has 1 N–H and O–H groups in total. The van der Waals surface area contributed by atoms with E-state index >= 15 is 0 Å². The lowest BCUT2D eigenvalue weighted by Crippen LogP contribution is -2.47. The lowest BCUT2D eigenvalue weighted by Gasteiger charge is -2.31. The Labute approximate surface area is 131 Å². The van der Waals surface area contributed by atoms with Crippen molar-refractivity contribution < 1.29 is 29.0 Å². The molecule has 0 aliphatic rings. The molecular weight excluding hydrogens is 290 g/mol. The van der Waals surface area contributed by atoms with E-state index in [9.17, 15) is 14.4 Å². The van der Waals surface area contributed by atoms with Crippen LogP contribution in [0.25, 0.3) is 0 Å². The van der Waals surface area contributed by atoms with Crippen molar-refractivity contribution in [3.8, 4) is 0 Å². The van der Waals surface area contributed by atoms with Gasteiger partial charge in [0.25, 0.3) is 0 Å². The van der Waals surface area contributed by atoms with Gasteiger partial charge < -0.3 is 14.6 Å². The van der Waals surface area contributed by atoms with Crippen molar-refractivity contribution in [1.82, 2.24) is 4.90 Å². The summed E-state index contributed by atoms with van der Waals surface area (Å²) in [5.41, 5.74) is -1.44. The highest BCUT2D eigenvalue weighted by Crippen LogP contribution is 2.17. The summed E-state index contributed by atoms with van der Waals surface area (Å²) in [4.78, 5) is 36.1. The van der Waals surface area contributed by atoms with E-state index in [1.165, 1.54) is 7.05 Å². The zero-order chi connectivity index (χ0) is 17.7. The van der Waals surface area contributed by atoms with Crippen LogP contribution in [0.3, 0.4) is 0 Å². The first kappa shape index (κ1) is 20.2. The molecule has 7 heteroatoms. The summed E-state index contributed by atoms with van der Waals surface area (Å²) in [5, 5.41) is 8.80. The molecule has 0 aromatic heterocycles. The minimum absolute atomic E-state index is 0.0417. The average Bonchev–Trinajstić information content (AvgIpc) is 2.23. The fraction of sp³-hybridized carbons (Fsp3) is 0.800. The van der Waals surface area contributed by atoms with E-state index in [2.05, 4.69) is 0 Å². The number of rotatable bonds is 5. The van der Waals surface area contributed by atoms with Crippen LogP contribution in [0.15, 0.2) is 0 Å². The van der Waals surface area contributed by atoms with Crippen LogP contribution in [0.4, 0.5) is 4.79 Å². The summed E-state index contributed by atoms with van der Waals surface area (Å²) in [6.45, 7) is 10.2. The topological polar surface area (TPSA) is 93.1 Å². The minimum Gasteiger partial charge on any atom is -0.481 e. The van der Waals surface area contributed by atoms with E-state index in [1.807, 2.05) is 0 Å². The van der Waals surface area contributed by atoms with E-state index in [0.717, 1.165) is 4.90 Å². The number of hydrogen-bond donors (Lipinski definition) is 1. The number of hydrogen-bond acceptors (Lipinski definition) is 5. The van der Waals surface area contributed by atoms with Crippen LogP contribution in [0.1, 0.15) is 54.4 Å². The van der Waals surface area contributed by atoms with Gasteiger partial charge in [-0.2, -0.15) is 0 Å². The van der Waals surface area contributed by atoms with Gasteiger partial charge in [0.1, 0.15) is 17.2 Å². The van der Waals surface area contributed by atoms with Gasteiger partial charge in [-0.15, -0.1) is 0 Å². The Bertz CT molecular complexity index is 419. The molecule has 0 heterocycles. The molecule has 0 radical (unpaired) electrons. The van der Waals surface area contributed by atoms with Gasteiger partial charge in [-0.25, -0.2) is 9.59 Å². The molecule has 0 fully saturated rings. The van der Waals surface area contributed by atoms with E-state index in [1.54, 1.807) is 41.5 Å². The second-order valence-corrected chi connectivity index (χ2v) is 7.07. The number of ether oxygens (including phenoxy) is 2. The molecule has 0 saturated carbocycles. The van der Waals surface area contributed by atoms with Crippen molar-refractivity contribution in [3.05, 3.63) is 0 Å². The van der Waals surface area contributed by atoms with Crippen molar-refractivity contribution in [2.24, 2.45) is 0 Å². The molecule has 0 aromatic rings. The van der Waals surface area contributed by atoms with Crippen molar-refractivity contribution >= 4 is 18.0 Å². The Morgan fingerprint density at radius 3 is 1.82 bits per heavy atom. The molecule has 1 amide bonds. The van der Waals surface area contributed by atoms with Gasteiger partial charge in [-0.3, -0.25) is 9.69 Å². The number of carboxylic acids is 1. The Hall–Kier alpha value is -1.79. The molecule has 0 unspecified atom stereocenters. The lowest BCUT2D eigenvalue weighted by atomic mass is 10.1. The quantitative estimate of drug-likeness (QED) is 0.783. The first-order chi connectivity index (χ1) is 9.73. The molecule has 0 aromatic carbocycles. The third kappa shape index (κ3) is 8.49. The molecule has 1 atom stereocenters. The Balaban J connectivity index is 5.09. The number of carbonyl (C=O) groups excluding carboxylic acids is 2. The van der Waals surface area contributed by atoms with Gasteiger partial charge in [0.15, 0.2) is 0 Å². The normalized spacial score (nSPS) is 13.2. The smallest absolute Gasteiger partial charge is 0.410 e. The van der Waals surface area contributed by atoms with E-state index in [0.29, 0.717) is 0 Å². The molecule has 0 aliphatic carbocycles. The molecule has 0 spiro atoms. The first-order valence-corrected chi connectivity index (χ1v) is 7.13. The highest BCUT2D eigenvalue weighted by atomic mass is 16.6. The van der Waals surface area contributed by atoms with Crippen molar-refractivity contribution in [2.75, 3.05) is 7.05 Å². The summed E-state index contributed by atoms with van der Waals surface area (Å²) in [6.07, 6.45) is -0.995. The summed E-state index contributed by atoms with van der Waals surface area (Å²) in [7, 11) is 1.39. The van der Waals surface area contributed by atoms with Crippen LogP contribution in [-0.2, 0) is 19.1 Å². The van der Waals surface area contributed by atoms with Crippen LogP contribution in [0.2, 0.25) is 0 Å². The molecule has 22 heavy (non-hydrogen) atoms. The van der Waals surface area contributed by atoms with E-state index in [-0.39, 0.29) is 12.8 Å². The predicted molar refractivity (Wildman–Crippen MR) is 80.5 cm³/mol. The third-order valence-corrected chi connectivity index (χ3v) is 2.46. The molecule has 0 bridgehead atoms. The van der Waals surface area contributed by atoms with Gasteiger partial charge in [-0.05, 0) is 48.0 Å². The molecule has 128 valence electrons. The fourth-order valence-electron chi connectivity index (χ4n) is 1.56. The van der Waals surface area contributed by atoms with E-state index in [4.69, 9.17) is 14.6 Å². The Morgan fingerprint density at radius 1 is 1.00 bits per heavy atom. The molecule has 0 saturated heterocycles. The van der Waals surface area contributed by atoms with Gasteiger partial charge in [0.2, 0.25) is 0 Å². The van der Waals surface area contributed by atoms with E-state index < -0.39 is 35.3 Å². The SMILES string of the molecule is CN(C(=O)OC(C)(C)C)[C@@H](CCC(=O)O)C(=O)OC(C)(C)C. The standard InChI is InChI=1S/C15H27NO6/c1-14(2,3)21-12(19)10(8-9-11(17)18)16(7)13(20)22-15(4,5)6/h10H,8-9H2,1-7H3,(H,17,18)/t10-/m0/s1. The maximum atomic E-state index is 12.2. The largest absolute Gasteiger partial charge is 0.481 e. The van der Waals surface area contributed by atoms with Crippen molar-refractivity contribution in [2.45, 2.75) is 71.6 Å². The Kier molecular flexibility index (Phi) is 6.86. The average molecular weight is 317 g/mol. The monoisotopic (exact) mass is 317 g/mol. The number of carbonyl (C=O) groups is 3. The number of amides is 1. The van der Waals surface area contributed by atoms with Gasteiger partial charge >= 0.3 is 18.0 Å². The summed E-state index contributed by atoms with van der Waals surface area (Å²) >= 11 is 0. The van der Waals surface area contributed by atoms with Crippen LogP contribution >= 0.6 is 0 Å². The van der Waals surface area contributed by atoms with Crippen molar-refractivity contribution in [3.63, 3.8) is 0 Å². The predicted octanol–water partition coefficient (Wildman–Crippen LogP) is 2.43. The minimum atomic E-state index is -1.05. The van der Waals surface area contributed by atoms with Gasteiger partial charge in [-0.1, -0.05) is 0 Å². The number of esters is 1. The third-order valence-electron chi connectivity index (χ3n) is 2.46. The molecule has 0 rings (SSSR count). The number of carboxylic acid groups (broad SMARTS) is 1. The maximum Gasteiger partial charge on any atom is 0.410 e. The van der Waals surface area contributed by atoms with Crippen molar-refractivity contribution in [1.29, 1.82) is 0 Å². The number of likely N-dealkylation sites (N-methyl/N-ethyl adjacent to an activating group) is 1. The van der Waals surface area contributed by atoms with Crippen LogP contribution in [-0.4, -0.2) is 52.3 Å². The first-order valence-electron chi connectivity index (χ1n) is 7.13. The Morgan fingerprint density at radius 2 is 1.45 bits per heavy atom. The second kappa shape index (κ2) is 7.47. The highest BCUT2D eigenvalue weighted by Gasteiger charge is 2.33. The van der Waals surface area contributed by atoms with Gasteiger partial charge in [0, 0.05) is 13.5 Å².